The molecule has 1 saturated carbocycles. The lowest BCUT2D eigenvalue weighted by atomic mass is 9.85. The zero-order valence-corrected chi connectivity index (χ0v) is 8.03. The van der Waals surface area contributed by atoms with Gasteiger partial charge in [-0.05, 0) is 25.7 Å². The molecule has 1 fully saturated rings. The van der Waals surface area contributed by atoms with Gasteiger partial charge in [0.25, 0.3) is 0 Å². The first-order valence-electron chi connectivity index (χ1n) is 5.02. The standard InChI is InChI=1S/C9H16N4/c1-2-13-9(7-11-12-13)10-6-8-4-3-5-8/h7-8,10H,2-6H2,1H3. The zero-order chi connectivity index (χ0) is 9.10. The van der Waals surface area contributed by atoms with Gasteiger partial charge in [-0.25, -0.2) is 4.68 Å². The molecular weight excluding hydrogens is 164 g/mol. The van der Waals surface area contributed by atoms with Gasteiger partial charge in [-0.3, -0.25) is 0 Å². The minimum Gasteiger partial charge on any atom is -0.369 e. The summed E-state index contributed by atoms with van der Waals surface area (Å²) in [6.07, 6.45) is 5.95. The van der Waals surface area contributed by atoms with Crippen LogP contribution in [0, 0.1) is 5.92 Å². The summed E-state index contributed by atoms with van der Waals surface area (Å²) in [5.74, 6) is 1.93. The molecule has 2 rings (SSSR count). The first-order chi connectivity index (χ1) is 6.40. The summed E-state index contributed by atoms with van der Waals surface area (Å²) in [7, 11) is 0. The fourth-order valence-corrected chi connectivity index (χ4v) is 1.57. The van der Waals surface area contributed by atoms with E-state index in [0.717, 1.165) is 24.8 Å². The van der Waals surface area contributed by atoms with Crippen LogP contribution < -0.4 is 5.32 Å². The van der Waals surface area contributed by atoms with E-state index in [2.05, 4.69) is 22.6 Å². The first-order valence-corrected chi connectivity index (χ1v) is 5.02. The van der Waals surface area contributed by atoms with Gasteiger partial charge in [0.1, 0.15) is 5.82 Å². The molecule has 0 unspecified atom stereocenters. The van der Waals surface area contributed by atoms with Gasteiger partial charge in [0.2, 0.25) is 0 Å². The fourth-order valence-electron chi connectivity index (χ4n) is 1.57. The van der Waals surface area contributed by atoms with Gasteiger partial charge in [0.15, 0.2) is 0 Å². The molecule has 0 aliphatic heterocycles. The Labute approximate surface area is 78.3 Å². The van der Waals surface area contributed by atoms with E-state index in [1.165, 1.54) is 19.3 Å². The predicted octanol–water partition coefficient (Wildman–Crippen LogP) is 1.51. The highest BCUT2D eigenvalue weighted by Gasteiger charge is 2.17. The molecule has 0 bridgehead atoms. The van der Waals surface area contributed by atoms with Crippen molar-refractivity contribution in [2.24, 2.45) is 5.92 Å². The van der Waals surface area contributed by atoms with E-state index in [0.29, 0.717) is 0 Å². The van der Waals surface area contributed by atoms with Crippen LogP contribution in [-0.2, 0) is 6.54 Å². The lowest BCUT2D eigenvalue weighted by molar-refractivity contribution is 0.332. The molecule has 0 amide bonds. The number of aromatic nitrogens is 3. The van der Waals surface area contributed by atoms with Crippen LogP contribution in [0.15, 0.2) is 6.20 Å². The van der Waals surface area contributed by atoms with Crippen molar-refractivity contribution >= 4 is 5.82 Å². The van der Waals surface area contributed by atoms with E-state index in [1.807, 2.05) is 4.68 Å². The van der Waals surface area contributed by atoms with Gasteiger partial charge in [0, 0.05) is 13.1 Å². The molecule has 0 aromatic carbocycles. The summed E-state index contributed by atoms with van der Waals surface area (Å²) >= 11 is 0. The number of nitrogens with one attached hydrogen (secondary N) is 1. The quantitative estimate of drug-likeness (QED) is 0.763. The third-order valence-electron chi connectivity index (χ3n) is 2.71. The summed E-state index contributed by atoms with van der Waals surface area (Å²) in [6, 6.07) is 0. The van der Waals surface area contributed by atoms with Crippen molar-refractivity contribution in [3.8, 4) is 0 Å². The second-order valence-electron chi connectivity index (χ2n) is 3.61. The zero-order valence-electron chi connectivity index (χ0n) is 8.03. The minimum atomic E-state index is 0.875. The van der Waals surface area contributed by atoms with Gasteiger partial charge in [-0.15, -0.1) is 5.10 Å². The summed E-state index contributed by atoms with van der Waals surface area (Å²) in [5, 5.41) is 11.2. The van der Waals surface area contributed by atoms with Crippen LogP contribution in [0.1, 0.15) is 26.2 Å². The molecule has 4 heteroatoms. The lowest BCUT2D eigenvalue weighted by Gasteiger charge is -2.25. The van der Waals surface area contributed by atoms with Crippen LogP contribution in [0.2, 0.25) is 0 Å². The smallest absolute Gasteiger partial charge is 0.144 e. The maximum absolute atomic E-state index is 3.96. The van der Waals surface area contributed by atoms with Crippen molar-refractivity contribution in [3.05, 3.63) is 6.20 Å². The summed E-state index contributed by atoms with van der Waals surface area (Å²) in [4.78, 5) is 0. The Bertz CT molecular complexity index is 264. The number of nitrogens with zero attached hydrogens (tertiary/aromatic N) is 3. The highest BCUT2D eigenvalue weighted by atomic mass is 15.4. The summed E-state index contributed by atoms with van der Waals surface area (Å²) in [6.45, 7) is 4.03. The van der Waals surface area contributed by atoms with Crippen molar-refractivity contribution < 1.29 is 0 Å². The molecule has 72 valence electrons. The Morgan fingerprint density at radius 2 is 2.46 bits per heavy atom. The molecule has 0 spiro atoms. The van der Waals surface area contributed by atoms with Crippen molar-refractivity contribution in [1.29, 1.82) is 0 Å². The van der Waals surface area contributed by atoms with Gasteiger partial charge in [-0.2, -0.15) is 0 Å². The summed E-state index contributed by atoms with van der Waals surface area (Å²) < 4.78 is 1.89. The average Bonchev–Trinajstić information content (AvgIpc) is 2.49. The highest BCUT2D eigenvalue weighted by molar-refractivity contribution is 5.30. The molecule has 1 aliphatic carbocycles. The van der Waals surface area contributed by atoms with Crippen molar-refractivity contribution in [2.45, 2.75) is 32.7 Å². The van der Waals surface area contributed by atoms with E-state index in [4.69, 9.17) is 0 Å². The van der Waals surface area contributed by atoms with E-state index in [9.17, 15) is 0 Å². The maximum Gasteiger partial charge on any atom is 0.144 e. The molecule has 0 radical (unpaired) electrons. The van der Waals surface area contributed by atoms with E-state index in [-0.39, 0.29) is 0 Å². The van der Waals surface area contributed by atoms with Gasteiger partial charge in [0.05, 0.1) is 6.20 Å². The molecule has 1 aromatic heterocycles. The Morgan fingerprint density at radius 3 is 3.08 bits per heavy atom. The van der Waals surface area contributed by atoms with Crippen LogP contribution in [0.5, 0.6) is 0 Å². The molecular formula is C9H16N4. The SMILES string of the molecule is CCn1nncc1NCC1CCC1. The second-order valence-corrected chi connectivity index (χ2v) is 3.61. The maximum atomic E-state index is 3.96. The molecule has 1 heterocycles. The van der Waals surface area contributed by atoms with Crippen molar-refractivity contribution in [1.82, 2.24) is 15.0 Å². The molecule has 1 aliphatic rings. The van der Waals surface area contributed by atoms with Gasteiger partial charge >= 0.3 is 0 Å². The minimum absolute atomic E-state index is 0.875. The van der Waals surface area contributed by atoms with Crippen LogP contribution in [0.3, 0.4) is 0 Å². The Morgan fingerprint density at radius 1 is 1.62 bits per heavy atom. The van der Waals surface area contributed by atoms with E-state index >= 15 is 0 Å². The van der Waals surface area contributed by atoms with Crippen LogP contribution >= 0.6 is 0 Å². The number of aryl methyl sites for hydroxylation is 1. The molecule has 1 N–H and O–H groups in total. The van der Waals surface area contributed by atoms with Crippen molar-refractivity contribution in [3.63, 3.8) is 0 Å². The van der Waals surface area contributed by atoms with E-state index < -0.39 is 0 Å². The average molecular weight is 180 g/mol. The molecule has 13 heavy (non-hydrogen) atoms. The molecule has 4 nitrogen and oxygen atoms in total. The topological polar surface area (TPSA) is 42.7 Å². The van der Waals surface area contributed by atoms with Crippen molar-refractivity contribution in [2.75, 3.05) is 11.9 Å². The van der Waals surface area contributed by atoms with E-state index in [1.54, 1.807) is 6.20 Å². The lowest BCUT2D eigenvalue weighted by Crippen LogP contribution is -2.22. The predicted molar refractivity (Wildman–Crippen MR) is 51.5 cm³/mol. The van der Waals surface area contributed by atoms with Crippen LogP contribution in [0.25, 0.3) is 0 Å². The largest absolute Gasteiger partial charge is 0.369 e. The monoisotopic (exact) mass is 180 g/mol. The number of rotatable bonds is 4. The second kappa shape index (κ2) is 3.77. The summed E-state index contributed by atoms with van der Waals surface area (Å²) in [5.41, 5.74) is 0. The number of anilines is 1. The van der Waals surface area contributed by atoms with Gasteiger partial charge in [-0.1, -0.05) is 11.6 Å². The Kier molecular flexibility index (Phi) is 2.47. The number of hydrogen-bond acceptors (Lipinski definition) is 3. The first kappa shape index (κ1) is 8.53. The third-order valence-corrected chi connectivity index (χ3v) is 2.71. The Balaban J connectivity index is 1.85. The molecule has 0 atom stereocenters. The normalized spacial score (nSPS) is 17.0. The van der Waals surface area contributed by atoms with Crippen LogP contribution in [-0.4, -0.2) is 21.5 Å². The number of hydrogen-bond donors (Lipinski definition) is 1. The fraction of sp³-hybridized carbons (Fsp3) is 0.778. The third kappa shape index (κ3) is 1.82. The Hall–Kier alpha value is -1.06. The highest BCUT2D eigenvalue weighted by Crippen LogP contribution is 2.26. The molecule has 0 saturated heterocycles. The molecule has 1 aromatic rings. The van der Waals surface area contributed by atoms with Gasteiger partial charge < -0.3 is 5.32 Å². The van der Waals surface area contributed by atoms with Crippen LogP contribution in [0.4, 0.5) is 5.82 Å².